The molecule has 4 nitrogen and oxygen atoms in total. The third kappa shape index (κ3) is 3.60. The predicted molar refractivity (Wildman–Crippen MR) is 94.7 cm³/mol. The molecule has 0 radical (unpaired) electrons. The minimum atomic E-state index is -0.244. The lowest BCUT2D eigenvalue weighted by Crippen LogP contribution is -2.31. The molecule has 1 aliphatic rings. The topological polar surface area (TPSA) is 49.4 Å². The monoisotopic (exact) mass is 342 g/mol. The molecule has 0 aromatic heterocycles. The molecule has 2 atom stereocenters. The number of para-hydroxylation sites is 1. The van der Waals surface area contributed by atoms with Crippen LogP contribution in [0.25, 0.3) is 0 Å². The zero-order valence-electron chi connectivity index (χ0n) is 13.4. The smallest absolute Gasteiger partial charge is 0.230 e. The zero-order chi connectivity index (χ0) is 17.1. The zero-order valence-corrected chi connectivity index (χ0v) is 14.2. The fourth-order valence-corrected chi connectivity index (χ4v) is 2.94. The van der Waals surface area contributed by atoms with Gasteiger partial charge in [0.25, 0.3) is 0 Å². The van der Waals surface area contributed by atoms with Crippen molar-refractivity contribution in [2.24, 2.45) is 11.8 Å². The van der Waals surface area contributed by atoms with E-state index in [1.807, 2.05) is 48.5 Å². The number of nitrogens with one attached hydrogen (secondary N) is 1. The van der Waals surface area contributed by atoms with Crippen molar-refractivity contribution in [3.05, 3.63) is 65.2 Å². The Kier molecular flexibility index (Phi) is 4.86. The molecule has 3 rings (SSSR count). The number of hydrogen-bond acceptors (Lipinski definition) is 2. The van der Waals surface area contributed by atoms with Crippen LogP contribution in [-0.2, 0) is 16.1 Å². The second-order valence-corrected chi connectivity index (χ2v) is 6.40. The van der Waals surface area contributed by atoms with Crippen molar-refractivity contribution in [3.63, 3.8) is 0 Å². The Morgan fingerprint density at radius 1 is 1.08 bits per heavy atom. The van der Waals surface area contributed by atoms with Crippen molar-refractivity contribution < 1.29 is 9.59 Å². The molecular weight excluding hydrogens is 324 g/mol. The number of nitrogens with zero attached hydrogens (tertiary/aromatic N) is 1. The van der Waals surface area contributed by atoms with E-state index in [-0.39, 0.29) is 23.7 Å². The lowest BCUT2D eigenvalue weighted by atomic mass is 10.2. The summed E-state index contributed by atoms with van der Waals surface area (Å²) in [6.07, 6.45) is 0.602. The van der Waals surface area contributed by atoms with E-state index in [1.54, 1.807) is 18.0 Å². The van der Waals surface area contributed by atoms with Crippen LogP contribution in [0.5, 0.6) is 0 Å². The number of amides is 2. The minimum absolute atomic E-state index is 0.0147. The molecule has 0 bridgehead atoms. The van der Waals surface area contributed by atoms with Gasteiger partial charge in [0.05, 0.1) is 11.8 Å². The van der Waals surface area contributed by atoms with E-state index in [4.69, 9.17) is 11.6 Å². The Hall–Kier alpha value is -2.33. The van der Waals surface area contributed by atoms with Crippen LogP contribution in [0.2, 0.25) is 5.02 Å². The van der Waals surface area contributed by atoms with Gasteiger partial charge in [-0.3, -0.25) is 9.59 Å². The Bertz CT molecular complexity index is 748. The van der Waals surface area contributed by atoms with Crippen molar-refractivity contribution in [3.8, 4) is 0 Å². The third-order valence-electron chi connectivity index (χ3n) is 4.33. The molecule has 1 N–H and O–H groups in total. The van der Waals surface area contributed by atoms with Crippen LogP contribution in [0.15, 0.2) is 54.6 Å². The molecule has 0 heterocycles. The standard InChI is InChI=1S/C19H19ClN2O2/c1-22(14-8-3-2-4-9-14)19(24)16-11-15(16)18(23)21-12-13-7-5-6-10-17(13)20/h2-10,15-16H,11-12H2,1H3,(H,21,23). The van der Waals surface area contributed by atoms with Gasteiger partial charge in [-0.05, 0) is 30.2 Å². The van der Waals surface area contributed by atoms with Crippen molar-refractivity contribution in [2.75, 3.05) is 11.9 Å². The quantitative estimate of drug-likeness (QED) is 0.906. The van der Waals surface area contributed by atoms with Crippen molar-refractivity contribution >= 4 is 29.1 Å². The van der Waals surface area contributed by atoms with Crippen LogP contribution in [0, 0.1) is 11.8 Å². The summed E-state index contributed by atoms with van der Waals surface area (Å²) in [5.74, 6) is -0.582. The summed E-state index contributed by atoms with van der Waals surface area (Å²) in [6, 6.07) is 16.8. The fraction of sp³-hybridized carbons (Fsp3) is 0.263. The summed E-state index contributed by atoms with van der Waals surface area (Å²) in [6.45, 7) is 0.379. The average molecular weight is 343 g/mol. The van der Waals surface area contributed by atoms with Crippen molar-refractivity contribution in [1.82, 2.24) is 5.32 Å². The number of benzene rings is 2. The van der Waals surface area contributed by atoms with Gasteiger partial charge in [-0.1, -0.05) is 48.0 Å². The van der Waals surface area contributed by atoms with E-state index in [1.165, 1.54) is 0 Å². The van der Waals surface area contributed by atoms with Gasteiger partial charge in [0.15, 0.2) is 0 Å². The first kappa shape index (κ1) is 16.5. The highest BCUT2D eigenvalue weighted by Gasteiger charge is 2.49. The maximum Gasteiger partial charge on any atom is 0.230 e. The number of halogens is 1. The average Bonchev–Trinajstić information content (AvgIpc) is 3.41. The summed E-state index contributed by atoms with van der Waals surface area (Å²) in [5, 5.41) is 3.50. The molecule has 2 unspecified atom stereocenters. The van der Waals surface area contributed by atoms with Gasteiger partial charge in [-0.25, -0.2) is 0 Å². The van der Waals surface area contributed by atoms with E-state index >= 15 is 0 Å². The van der Waals surface area contributed by atoms with Crippen LogP contribution >= 0.6 is 11.6 Å². The highest BCUT2D eigenvalue weighted by Crippen LogP contribution is 2.40. The Balaban J connectivity index is 1.54. The first-order chi connectivity index (χ1) is 11.6. The molecule has 1 fully saturated rings. The van der Waals surface area contributed by atoms with Gasteiger partial charge in [-0.2, -0.15) is 0 Å². The predicted octanol–water partition coefficient (Wildman–Crippen LogP) is 3.26. The number of carbonyl (C=O) groups is 2. The number of carbonyl (C=O) groups excluding carboxylic acids is 2. The van der Waals surface area contributed by atoms with Gasteiger partial charge >= 0.3 is 0 Å². The molecule has 2 amide bonds. The summed E-state index contributed by atoms with van der Waals surface area (Å²) >= 11 is 6.08. The molecule has 0 aliphatic heterocycles. The van der Waals surface area contributed by atoms with E-state index < -0.39 is 0 Å². The normalized spacial score (nSPS) is 18.8. The molecule has 0 spiro atoms. The highest BCUT2D eigenvalue weighted by molar-refractivity contribution is 6.31. The fourth-order valence-electron chi connectivity index (χ4n) is 2.74. The largest absolute Gasteiger partial charge is 0.352 e. The molecule has 5 heteroatoms. The van der Waals surface area contributed by atoms with Crippen molar-refractivity contribution in [2.45, 2.75) is 13.0 Å². The van der Waals surface area contributed by atoms with Gasteiger partial charge in [-0.15, -0.1) is 0 Å². The van der Waals surface area contributed by atoms with E-state index in [2.05, 4.69) is 5.32 Å². The Labute approximate surface area is 146 Å². The van der Waals surface area contributed by atoms with E-state index in [9.17, 15) is 9.59 Å². The van der Waals surface area contributed by atoms with Crippen LogP contribution in [0.4, 0.5) is 5.69 Å². The second-order valence-electron chi connectivity index (χ2n) is 5.99. The number of hydrogen-bond donors (Lipinski definition) is 1. The van der Waals surface area contributed by atoms with E-state index in [0.717, 1.165) is 11.3 Å². The third-order valence-corrected chi connectivity index (χ3v) is 4.70. The van der Waals surface area contributed by atoms with Crippen LogP contribution in [0.3, 0.4) is 0 Å². The SMILES string of the molecule is CN(C(=O)C1CC1C(=O)NCc1ccccc1Cl)c1ccccc1. The highest BCUT2D eigenvalue weighted by atomic mass is 35.5. The summed E-state index contributed by atoms with van der Waals surface area (Å²) in [7, 11) is 1.74. The summed E-state index contributed by atoms with van der Waals surface area (Å²) in [5.41, 5.74) is 1.71. The number of anilines is 1. The summed E-state index contributed by atoms with van der Waals surface area (Å²) < 4.78 is 0. The molecule has 124 valence electrons. The maximum absolute atomic E-state index is 12.5. The first-order valence-electron chi connectivity index (χ1n) is 7.91. The van der Waals surface area contributed by atoms with Gasteiger partial charge in [0.2, 0.25) is 11.8 Å². The summed E-state index contributed by atoms with van der Waals surface area (Å²) in [4.78, 5) is 26.3. The first-order valence-corrected chi connectivity index (χ1v) is 8.29. The van der Waals surface area contributed by atoms with Crippen LogP contribution < -0.4 is 10.2 Å². The lowest BCUT2D eigenvalue weighted by Gasteiger charge is -2.17. The van der Waals surface area contributed by atoms with Crippen molar-refractivity contribution in [1.29, 1.82) is 0 Å². The van der Waals surface area contributed by atoms with Gasteiger partial charge in [0.1, 0.15) is 0 Å². The van der Waals surface area contributed by atoms with Crippen LogP contribution in [-0.4, -0.2) is 18.9 Å². The lowest BCUT2D eigenvalue weighted by molar-refractivity contribution is -0.126. The van der Waals surface area contributed by atoms with E-state index in [0.29, 0.717) is 18.0 Å². The molecule has 0 saturated heterocycles. The Morgan fingerprint density at radius 2 is 1.75 bits per heavy atom. The van der Waals surface area contributed by atoms with Gasteiger partial charge < -0.3 is 10.2 Å². The molecule has 2 aromatic carbocycles. The minimum Gasteiger partial charge on any atom is -0.352 e. The number of rotatable bonds is 5. The molecular formula is C19H19ClN2O2. The molecule has 24 heavy (non-hydrogen) atoms. The maximum atomic E-state index is 12.5. The molecule has 1 saturated carbocycles. The molecule has 2 aromatic rings. The molecule has 1 aliphatic carbocycles. The second kappa shape index (κ2) is 7.05. The van der Waals surface area contributed by atoms with Crippen LogP contribution in [0.1, 0.15) is 12.0 Å². The van der Waals surface area contributed by atoms with Gasteiger partial charge in [0, 0.05) is 24.3 Å². The Morgan fingerprint density at radius 3 is 2.46 bits per heavy atom.